The molecule has 2 amide bonds. The fourth-order valence-electron chi connectivity index (χ4n) is 2.15. The van der Waals surface area contributed by atoms with Gasteiger partial charge >= 0.3 is 5.91 Å². The molecule has 1 aliphatic rings. The summed E-state index contributed by atoms with van der Waals surface area (Å²) in [5.74, 6) is -2.22. The van der Waals surface area contributed by atoms with E-state index >= 15 is 0 Å². The van der Waals surface area contributed by atoms with Crippen LogP contribution < -0.4 is 9.67 Å². The van der Waals surface area contributed by atoms with Gasteiger partial charge in [-0.15, -0.1) is 0 Å². The molecule has 2 heterocycles. The Bertz CT molecular complexity index is 625. The van der Waals surface area contributed by atoms with E-state index in [-0.39, 0.29) is 11.1 Å². The van der Waals surface area contributed by atoms with Crippen molar-refractivity contribution in [3.05, 3.63) is 35.8 Å². The molecule has 0 atom stereocenters. The molecule has 1 aliphatic heterocycles. The molecule has 0 aromatic carbocycles. The minimum atomic E-state index is -0.826. The van der Waals surface area contributed by atoms with Crippen LogP contribution in [0.2, 0.25) is 0 Å². The number of carbonyl (C=O) groups is 2. The van der Waals surface area contributed by atoms with E-state index < -0.39 is 17.6 Å². The number of nitrogens with zero attached hydrogens (tertiary/aromatic N) is 3. The van der Waals surface area contributed by atoms with Gasteiger partial charge in [-0.25, -0.2) is 5.01 Å². The van der Waals surface area contributed by atoms with Gasteiger partial charge < -0.3 is 5.11 Å². The van der Waals surface area contributed by atoms with Crippen LogP contribution >= 0.6 is 0 Å². The Labute approximate surface area is 123 Å². The van der Waals surface area contributed by atoms with Crippen molar-refractivity contribution >= 4 is 17.5 Å². The van der Waals surface area contributed by atoms with Crippen LogP contribution in [0.15, 0.2) is 30.3 Å². The van der Waals surface area contributed by atoms with E-state index in [1.807, 2.05) is 12.1 Å². The first-order chi connectivity index (χ1) is 9.64. The normalized spacial score (nSPS) is 16.4. The van der Waals surface area contributed by atoms with Crippen molar-refractivity contribution in [2.24, 2.45) is 0 Å². The van der Waals surface area contributed by atoms with Gasteiger partial charge in [0.1, 0.15) is 0 Å². The number of imide groups is 1. The summed E-state index contributed by atoms with van der Waals surface area (Å²) in [5.41, 5.74) is 0.904. The number of rotatable bonds is 2. The van der Waals surface area contributed by atoms with Crippen molar-refractivity contribution in [3.63, 3.8) is 0 Å². The highest BCUT2D eigenvalue weighted by Crippen LogP contribution is 2.22. The quantitative estimate of drug-likeness (QED) is 0.551. The number of carbonyl (C=O) groups excluding carboxylic acids is 2. The van der Waals surface area contributed by atoms with Crippen molar-refractivity contribution < 1.29 is 19.3 Å². The number of aromatic nitrogens is 1. The van der Waals surface area contributed by atoms with Crippen molar-refractivity contribution in [2.45, 2.75) is 26.2 Å². The Hall–Kier alpha value is -2.21. The molecule has 0 bridgehead atoms. The van der Waals surface area contributed by atoms with Gasteiger partial charge in [-0.3, -0.25) is 9.59 Å². The molecule has 21 heavy (non-hydrogen) atoms. The number of hydrogen-bond acceptors (Lipinski definition) is 4. The third-order valence-corrected chi connectivity index (χ3v) is 3.35. The number of hydrogen-bond donors (Lipinski definition) is 0. The summed E-state index contributed by atoms with van der Waals surface area (Å²) in [5, 5.41) is 14.2. The largest absolute Gasteiger partial charge is 0.864 e. The lowest BCUT2D eigenvalue weighted by Crippen LogP contribution is -2.45. The summed E-state index contributed by atoms with van der Waals surface area (Å²) in [4.78, 5) is 24.1. The summed E-state index contributed by atoms with van der Waals surface area (Å²) in [7, 11) is 3.08. The van der Waals surface area contributed by atoms with Crippen LogP contribution in [0.4, 0.5) is 0 Å². The molecule has 1 aromatic heterocycles. The Morgan fingerprint density at radius 1 is 1.10 bits per heavy atom. The van der Waals surface area contributed by atoms with Crippen LogP contribution in [-0.4, -0.2) is 35.9 Å². The third-order valence-electron chi connectivity index (χ3n) is 3.35. The van der Waals surface area contributed by atoms with Crippen molar-refractivity contribution in [1.82, 2.24) is 10.0 Å². The lowest BCUT2D eigenvalue weighted by Gasteiger charge is -2.21. The van der Waals surface area contributed by atoms with Crippen molar-refractivity contribution in [2.75, 3.05) is 14.1 Å². The predicted molar refractivity (Wildman–Crippen MR) is 74.1 cm³/mol. The predicted octanol–water partition coefficient (Wildman–Crippen LogP) is -0.354. The van der Waals surface area contributed by atoms with E-state index in [0.717, 1.165) is 10.6 Å². The molecule has 0 aliphatic carbocycles. The van der Waals surface area contributed by atoms with Gasteiger partial charge in [0.15, 0.2) is 12.4 Å². The minimum Gasteiger partial charge on any atom is -0.864 e. The molecule has 6 heteroatoms. The summed E-state index contributed by atoms with van der Waals surface area (Å²) in [6, 6.07) is 3.69. The van der Waals surface area contributed by atoms with Crippen LogP contribution in [0.5, 0.6) is 0 Å². The molecule has 0 unspecified atom stereocenters. The molecule has 6 nitrogen and oxygen atoms in total. The van der Waals surface area contributed by atoms with Gasteiger partial charge in [0.2, 0.25) is 0 Å². The van der Waals surface area contributed by atoms with Crippen LogP contribution in [0.1, 0.15) is 26.3 Å². The lowest BCUT2D eigenvalue weighted by molar-refractivity contribution is -0.581. The van der Waals surface area contributed by atoms with E-state index in [2.05, 4.69) is 20.8 Å². The van der Waals surface area contributed by atoms with Crippen LogP contribution in [-0.2, 0) is 15.0 Å². The van der Waals surface area contributed by atoms with Crippen LogP contribution in [0.25, 0.3) is 5.70 Å². The average Bonchev–Trinajstić information content (AvgIpc) is 2.59. The fourth-order valence-corrected chi connectivity index (χ4v) is 2.15. The molecule has 112 valence electrons. The van der Waals surface area contributed by atoms with E-state index in [9.17, 15) is 14.7 Å². The third kappa shape index (κ3) is 2.54. The average molecular weight is 289 g/mol. The molecule has 2 rings (SSSR count). The Morgan fingerprint density at radius 2 is 1.62 bits per heavy atom. The van der Waals surface area contributed by atoms with Crippen LogP contribution in [0, 0.1) is 0 Å². The molecule has 0 saturated carbocycles. The molecule has 1 aromatic rings. The second kappa shape index (κ2) is 4.96. The highest BCUT2D eigenvalue weighted by Gasteiger charge is 2.41. The zero-order valence-electron chi connectivity index (χ0n) is 12.9. The Morgan fingerprint density at radius 3 is 2.00 bits per heavy atom. The van der Waals surface area contributed by atoms with E-state index in [4.69, 9.17) is 0 Å². The Kier molecular flexibility index (Phi) is 3.59. The highest BCUT2D eigenvalue weighted by molar-refractivity contribution is 6.28. The number of amides is 2. The topological polar surface area (TPSA) is 67.6 Å². The number of pyridine rings is 1. The first kappa shape index (κ1) is 15.2. The van der Waals surface area contributed by atoms with Crippen LogP contribution in [0.3, 0.4) is 0 Å². The molecule has 0 saturated heterocycles. The highest BCUT2D eigenvalue weighted by atomic mass is 16.3. The monoisotopic (exact) mass is 289 g/mol. The van der Waals surface area contributed by atoms with E-state index in [0.29, 0.717) is 0 Å². The number of hydrazine groups is 1. The summed E-state index contributed by atoms with van der Waals surface area (Å²) >= 11 is 0. The second-order valence-corrected chi connectivity index (χ2v) is 6.19. The zero-order chi connectivity index (χ0) is 15.9. The molecular formula is C15H19N3O3. The van der Waals surface area contributed by atoms with Crippen molar-refractivity contribution in [3.8, 4) is 0 Å². The molecule has 0 fully saturated rings. The van der Waals surface area contributed by atoms with Gasteiger partial charge in [0.25, 0.3) is 11.6 Å². The van der Waals surface area contributed by atoms with E-state index in [1.54, 1.807) is 26.5 Å². The first-order valence-corrected chi connectivity index (χ1v) is 6.64. The molecule has 0 N–H and O–H groups in total. The maximum absolute atomic E-state index is 12.2. The molecule has 0 radical (unpaired) electrons. The van der Waals surface area contributed by atoms with Gasteiger partial charge in [0, 0.05) is 32.0 Å². The summed E-state index contributed by atoms with van der Waals surface area (Å²) in [6.07, 6.45) is 3.27. The standard InChI is InChI=1S/C15H19N3O3/c1-15(2,3)10-6-8-17(9-7-10)11-12(19)14(21)18(13(11)20)16(4)5/h6-9H,1-5H3. The maximum atomic E-state index is 12.2. The summed E-state index contributed by atoms with van der Waals surface area (Å²) in [6.45, 7) is 6.22. The van der Waals surface area contributed by atoms with Crippen molar-refractivity contribution in [1.29, 1.82) is 0 Å². The van der Waals surface area contributed by atoms with Gasteiger partial charge in [-0.05, 0) is 11.0 Å². The van der Waals surface area contributed by atoms with Gasteiger partial charge in [-0.1, -0.05) is 20.8 Å². The zero-order valence-corrected chi connectivity index (χ0v) is 12.9. The SMILES string of the molecule is CN(C)N1C(=O)C([O-])=C([n+]2ccc(C(C)(C)C)cc2)C1=O. The smallest absolute Gasteiger partial charge is 0.340 e. The van der Waals surface area contributed by atoms with E-state index in [1.165, 1.54) is 9.58 Å². The maximum Gasteiger partial charge on any atom is 0.340 e. The fraction of sp³-hybridized carbons (Fsp3) is 0.400. The van der Waals surface area contributed by atoms with Gasteiger partial charge in [0.05, 0.1) is 0 Å². The lowest BCUT2D eigenvalue weighted by atomic mass is 9.88. The minimum absolute atomic E-state index is 0.0288. The Balaban J connectivity index is 2.43. The second-order valence-electron chi connectivity index (χ2n) is 6.19. The molecular weight excluding hydrogens is 270 g/mol. The van der Waals surface area contributed by atoms with Gasteiger partial charge in [-0.2, -0.15) is 9.58 Å². The summed E-state index contributed by atoms with van der Waals surface area (Å²) < 4.78 is 1.40. The first-order valence-electron chi connectivity index (χ1n) is 6.64. The molecule has 0 spiro atoms.